The van der Waals surface area contributed by atoms with Gasteiger partial charge in [0.2, 0.25) is 5.91 Å². The number of carbonyl (C=O) groups is 1. The second-order valence-corrected chi connectivity index (χ2v) is 8.45. The fourth-order valence-electron chi connectivity index (χ4n) is 4.16. The summed E-state index contributed by atoms with van der Waals surface area (Å²) >= 11 is 0. The minimum atomic E-state index is -0.324. The van der Waals surface area contributed by atoms with Gasteiger partial charge in [0.05, 0.1) is 17.1 Å². The highest BCUT2D eigenvalue weighted by Gasteiger charge is 2.34. The average Bonchev–Trinajstić information content (AvgIpc) is 2.89. The molecule has 2 aromatic carbocycles. The van der Waals surface area contributed by atoms with Crippen LogP contribution in [0.3, 0.4) is 0 Å². The maximum absolute atomic E-state index is 12.7. The Morgan fingerprint density at radius 3 is 2.66 bits per heavy atom. The van der Waals surface area contributed by atoms with E-state index in [4.69, 9.17) is 4.74 Å². The van der Waals surface area contributed by atoms with Crippen LogP contribution in [0, 0.1) is 0 Å². The van der Waals surface area contributed by atoms with Gasteiger partial charge in [-0.15, -0.1) is 0 Å². The van der Waals surface area contributed by atoms with Crippen molar-refractivity contribution in [3.63, 3.8) is 0 Å². The van der Waals surface area contributed by atoms with Crippen LogP contribution in [-0.2, 0) is 25.3 Å². The highest BCUT2D eigenvalue weighted by atomic mass is 16.5. The summed E-state index contributed by atoms with van der Waals surface area (Å²) in [5.74, 6) is 0.856. The Morgan fingerprint density at radius 2 is 1.86 bits per heavy atom. The summed E-state index contributed by atoms with van der Waals surface area (Å²) in [4.78, 5) is 24.8. The Kier molecular flexibility index (Phi) is 4.73. The Labute approximate surface area is 170 Å². The number of benzene rings is 2. The third kappa shape index (κ3) is 3.67. The third-order valence-corrected chi connectivity index (χ3v) is 5.69. The molecule has 1 unspecified atom stereocenters. The number of nitrogens with zero attached hydrogens (tertiary/aromatic N) is 2. The number of aromatic nitrogens is 2. The molecule has 0 aliphatic carbocycles. The van der Waals surface area contributed by atoms with E-state index in [-0.39, 0.29) is 23.2 Å². The number of para-hydroxylation sites is 1. The van der Waals surface area contributed by atoms with Crippen molar-refractivity contribution in [1.29, 1.82) is 0 Å². The number of fused-ring (bicyclic) bond motifs is 2. The molecule has 29 heavy (non-hydrogen) atoms. The van der Waals surface area contributed by atoms with Crippen molar-refractivity contribution in [1.82, 2.24) is 14.5 Å². The van der Waals surface area contributed by atoms with Gasteiger partial charge >= 0.3 is 5.69 Å². The first kappa shape index (κ1) is 19.3. The van der Waals surface area contributed by atoms with Crippen molar-refractivity contribution in [3.8, 4) is 5.75 Å². The Hall–Kier alpha value is -3.02. The number of amides is 1. The lowest BCUT2D eigenvalue weighted by atomic mass is 9.89. The number of rotatable bonds is 4. The number of ether oxygens (including phenoxy) is 1. The molecule has 1 aliphatic heterocycles. The van der Waals surface area contributed by atoms with E-state index in [2.05, 4.69) is 5.32 Å². The smallest absolute Gasteiger partial charge is 0.328 e. The zero-order valence-corrected chi connectivity index (χ0v) is 17.4. The Morgan fingerprint density at radius 1 is 1.14 bits per heavy atom. The van der Waals surface area contributed by atoms with Crippen LogP contribution in [0.5, 0.6) is 5.75 Å². The molecule has 3 aromatic rings. The predicted octanol–water partition coefficient (Wildman–Crippen LogP) is 3.23. The van der Waals surface area contributed by atoms with E-state index in [1.165, 1.54) is 0 Å². The second kappa shape index (κ2) is 7.10. The summed E-state index contributed by atoms with van der Waals surface area (Å²) in [7, 11) is 3.54. The first-order valence-corrected chi connectivity index (χ1v) is 9.97. The fourth-order valence-corrected chi connectivity index (χ4v) is 4.16. The normalized spacial score (nSPS) is 17.6. The second-order valence-electron chi connectivity index (χ2n) is 8.45. The summed E-state index contributed by atoms with van der Waals surface area (Å²) < 4.78 is 9.32. The predicted molar refractivity (Wildman–Crippen MR) is 113 cm³/mol. The van der Waals surface area contributed by atoms with Crippen LogP contribution in [0.15, 0.2) is 47.3 Å². The maximum atomic E-state index is 12.7. The molecule has 1 atom stereocenters. The van der Waals surface area contributed by atoms with Crippen LogP contribution >= 0.6 is 0 Å². The maximum Gasteiger partial charge on any atom is 0.328 e. The van der Waals surface area contributed by atoms with Gasteiger partial charge in [-0.2, -0.15) is 0 Å². The van der Waals surface area contributed by atoms with Crippen LogP contribution < -0.4 is 15.7 Å². The first-order chi connectivity index (χ1) is 13.7. The van der Waals surface area contributed by atoms with Gasteiger partial charge in [0.25, 0.3) is 0 Å². The number of nitrogens with one attached hydrogen (secondary N) is 1. The molecule has 2 heterocycles. The van der Waals surface area contributed by atoms with E-state index in [9.17, 15) is 9.59 Å². The molecule has 152 valence electrons. The van der Waals surface area contributed by atoms with E-state index in [0.717, 1.165) is 34.3 Å². The van der Waals surface area contributed by atoms with Gasteiger partial charge in [0.1, 0.15) is 11.4 Å². The molecule has 1 amide bonds. The van der Waals surface area contributed by atoms with Gasteiger partial charge in [0.15, 0.2) is 0 Å². The monoisotopic (exact) mass is 393 g/mol. The Balaban J connectivity index is 1.46. The topological polar surface area (TPSA) is 65.3 Å². The van der Waals surface area contributed by atoms with Crippen molar-refractivity contribution >= 4 is 16.9 Å². The number of aryl methyl sites for hydroxylation is 3. The summed E-state index contributed by atoms with van der Waals surface area (Å²) in [5, 5.41) is 3.18. The number of carbonyl (C=O) groups excluding carboxylic acids is 1. The van der Waals surface area contributed by atoms with Crippen molar-refractivity contribution in [2.45, 2.75) is 44.8 Å². The van der Waals surface area contributed by atoms with Crippen LogP contribution in [0.2, 0.25) is 0 Å². The minimum Gasteiger partial charge on any atom is -0.487 e. The van der Waals surface area contributed by atoms with Crippen LogP contribution in [-0.4, -0.2) is 20.6 Å². The zero-order chi connectivity index (χ0) is 20.8. The van der Waals surface area contributed by atoms with E-state index in [1.807, 2.05) is 56.3 Å². The number of hydrogen-bond acceptors (Lipinski definition) is 3. The number of hydrogen-bond donors (Lipinski definition) is 1. The van der Waals surface area contributed by atoms with Crippen molar-refractivity contribution < 1.29 is 9.53 Å². The average molecular weight is 393 g/mol. The van der Waals surface area contributed by atoms with Crippen LogP contribution in [0.1, 0.15) is 43.9 Å². The molecule has 0 radical (unpaired) electrons. The third-order valence-electron chi connectivity index (χ3n) is 5.69. The fraction of sp³-hybridized carbons (Fsp3) is 0.391. The van der Waals surface area contributed by atoms with Gasteiger partial charge in [-0.3, -0.25) is 13.9 Å². The number of imidazole rings is 1. The largest absolute Gasteiger partial charge is 0.487 e. The van der Waals surface area contributed by atoms with E-state index in [0.29, 0.717) is 12.8 Å². The van der Waals surface area contributed by atoms with Gasteiger partial charge < -0.3 is 10.1 Å². The Bertz CT molecular complexity index is 1140. The summed E-state index contributed by atoms with van der Waals surface area (Å²) in [5.41, 5.74) is 3.48. The molecule has 1 aliphatic rings. The summed E-state index contributed by atoms with van der Waals surface area (Å²) in [6, 6.07) is 13.8. The van der Waals surface area contributed by atoms with Gasteiger partial charge in [-0.1, -0.05) is 24.3 Å². The summed E-state index contributed by atoms with van der Waals surface area (Å²) in [6.07, 6.45) is 1.75. The molecule has 1 aromatic heterocycles. The lowest BCUT2D eigenvalue weighted by Gasteiger charge is -2.37. The van der Waals surface area contributed by atoms with E-state index in [1.54, 1.807) is 23.2 Å². The standard InChI is InChI=1S/C23H27N3O3/c1-23(2)14-17(16-7-5-6-8-20(16)29-23)24-21(27)12-10-15-9-11-18-19(13-15)26(4)22(28)25(18)3/h5-9,11,13,17H,10,12,14H2,1-4H3,(H,24,27). The first-order valence-electron chi connectivity index (χ1n) is 9.97. The van der Waals surface area contributed by atoms with E-state index < -0.39 is 0 Å². The van der Waals surface area contributed by atoms with Crippen molar-refractivity contribution in [2.24, 2.45) is 14.1 Å². The lowest BCUT2D eigenvalue weighted by molar-refractivity contribution is -0.122. The van der Waals surface area contributed by atoms with Gasteiger partial charge in [-0.25, -0.2) is 4.79 Å². The molecule has 0 saturated heterocycles. The SMILES string of the molecule is Cn1c(=O)n(C)c2cc(CCC(=O)NC3CC(C)(C)Oc4ccccc43)ccc21. The molecular weight excluding hydrogens is 366 g/mol. The highest BCUT2D eigenvalue weighted by Crippen LogP contribution is 2.39. The van der Waals surface area contributed by atoms with Gasteiger partial charge in [0, 0.05) is 32.5 Å². The molecule has 4 rings (SSSR count). The van der Waals surface area contributed by atoms with Crippen molar-refractivity contribution in [3.05, 3.63) is 64.1 Å². The molecule has 6 nitrogen and oxygen atoms in total. The van der Waals surface area contributed by atoms with Crippen LogP contribution in [0.25, 0.3) is 11.0 Å². The molecule has 6 heteroatoms. The molecule has 0 bridgehead atoms. The van der Waals surface area contributed by atoms with Gasteiger partial charge in [-0.05, 0) is 44.0 Å². The quantitative estimate of drug-likeness (QED) is 0.740. The zero-order valence-electron chi connectivity index (χ0n) is 17.4. The molecule has 0 fully saturated rings. The van der Waals surface area contributed by atoms with Crippen LogP contribution in [0.4, 0.5) is 0 Å². The highest BCUT2D eigenvalue weighted by molar-refractivity contribution is 5.79. The van der Waals surface area contributed by atoms with E-state index >= 15 is 0 Å². The van der Waals surface area contributed by atoms with Crippen molar-refractivity contribution in [2.75, 3.05) is 0 Å². The molecule has 0 saturated carbocycles. The minimum absolute atomic E-state index is 0.0181. The lowest BCUT2D eigenvalue weighted by Crippen LogP contribution is -2.41. The molecule has 0 spiro atoms. The summed E-state index contributed by atoms with van der Waals surface area (Å²) in [6.45, 7) is 4.09. The molecular formula is C23H27N3O3. The molecule has 1 N–H and O–H groups in total.